The predicted octanol–water partition coefficient (Wildman–Crippen LogP) is 4.15. The van der Waals surface area contributed by atoms with Gasteiger partial charge in [0.2, 0.25) is 5.89 Å². The molecular formula is C14H13ClF3N3O2. The molecule has 0 amide bonds. The fourth-order valence-electron chi connectivity index (χ4n) is 1.93. The van der Waals surface area contributed by atoms with Gasteiger partial charge in [-0.25, -0.2) is 0 Å². The number of nitrogens with zero attached hydrogens (tertiary/aromatic N) is 2. The zero-order chi connectivity index (χ0) is 16.4. The summed E-state index contributed by atoms with van der Waals surface area (Å²) >= 11 is 5.80. The Labute approximate surface area is 134 Å². The second kappa shape index (κ2) is 6.27. The fraction of sp³-hybridized carbons (Fsp3) is 0.429. The smallest absolute Gasteiger partial charge is 0.422 e. The summed E-state index contributed by atoms with van der Waals surface area (Å²) in [6, 6.07) is 4.41. The molecule has 23 heavy (non-hydrogen) atoms. The van der Waals surface area contributed by atoms with Gasteiger partial charge in [-0.3, -0.25) is 0 Å². The minimum Gasteiger partial charge on any atom is -0.482 e. The van der Waals surface area contributed by atoms with Crippen LogP contribution in [0.2, 0.25) is 5.02 Å². The molecule has 1 aliphatic rings. The summed E-state index contributed by atoms with van der Waals surface area (Å²) in [5.41, 5.74) is 0.372. The van der Waals surface area contributed by atoms with Crippen molar-refractivity contribution in [3.8, 4) is 5.75 Å². The zero-order valence-electron chi connectivity index (χ0n) is 11.9. The van der Waals surface area contributed by atoms with E-state index in [1.54, 1.807) is 6.07 Å². The van der Waals surface area contributed by atoms with Crippen molar-refractivity contribution in [2.75, 3.05) is 11.9 Å². The zero-order valence-corrected chi connectivity index (χ0v) is 12.6. The summed E-state index contributed by atoms with van der Waals surface area (Å²) in [5, 5.41) is 7.04. The Morgan fingerprint density at radius 3 is 2.83 bits per heavy atom. The normalized spacial score (nSPS) is 14.8. The number of nitrogens with one attached hydrogen (secondary N) is 1. The van der Waals surface area contributed by atoms with Crippen LogP contribution >= 0.6 is 11.6 Å². The maximum atomic E-state index is 12.3. The van der Waals surface area contributed by atoms with Gasteiger partial charge in [-0.05, 0) is 25.0 Å². The maximum absolute atomic E-state index is 12.3. The van der Waals surface area contributed by atoms with Crippen LogP contribution in [0.3, 0.4) is 0 Å². The van der Waals surface area contributed by atoms with E-state index < -0.39 is 12.8 Å². The van der Waals surface area contributed by atoms with Crippen LogP contribution in [0.5, 0.6) is 5.75 Å². The van der Waals surface area contributed by atoms with E-state index in [2.05, 4.69) is 15.5 Å². The third kappa shape index (κ3) is 4.51. The first kappa shape index (κ1) is 15.9. The average Bonchev–Trinajstić information content (AvgIpc) is 3.23. The lowest BCUT2D eigenvalue weighted by molar-refractivity contribution is -0.153. The second-order valence-corrected chi connectivity index (χ2v) is 5.66. The summed E-state index contributed by atoms with van der Waals surface area (Å²) in [5.74, 6) is 1.40. The van der Waals surface area contributed by atoms with Crippen LogP contribution in [0.25, 0.3) is 0 Å². The monoisotopic (exact) mass is 347 g/mol. The second-order valence-electron chi connectivity index (χ2n) is 5.22. The van der Waals surface area contributed by atoms with Crippen molar-refractivity contribution in [2.45, 2.75) is 31.5 Å². The minimum absolute atomic E-state index is 0.0146. The average molecular weight is 348 g/mol. The van der Waals surface area contributed by atoms with E-state index in [0.717, 1.165) is 12.8 Å². The number of alkyl halides is 3. The summed E-state index contributed by atoms with van der Waals surface area (Å²) in [6.07, 6.45) is -2.34. The Morgan fingerprint density at radius 1 is 1.35 bits per heavy atom. The molecule has 0 spiro atoms. The molecule has 1 N–H and O–H groups in total. The van der Waals surface area contributed by atoms with Crippen molar-refractivity contribution in [3.63, 3.8) is 0 Å². The van der Waals surface area contributed by atoms with Crippen LogP contribution in [-0.2, 0) is 6.54 Å². The van der Waals surface area contributed by atoms with E-state index >= 15 is 0 Å². The fourth-order valence-corrected chi connectivity index (χ4v) is 2.09. The first-order valence-corrected chi connectivity index (χ1v) is 7.34. The number of hydrogen-bond acceptors (Lipinski definition) is 5. The highest BCUT2D eigenvalue weighted by molar-refractivity contribution is 6.30. The Kier molecular flexibility index (Phi) is 4.34. The lowest BCUT2D eigenvalue weighted by Gasteiger charge is -2.14. The standard InChI is InChI=1S/C14H13ClF3N3O2/c15-9-3-4-10(11(5-9)22-7-14(16,17)18)19-6-12-20-13(23-21-12)8-1-2-8/h3-5,8,19H,1-2,6-7H2. The van der Waals surface area contributed by atoms with Crippen molar-refractivity contribution in [3.05, 3.63) is 34.9 Å². The molecule has 1 aromatic carbocycles. The number of aromatic nitrogens is 2. The summed E-state index contributed by atoms with van der Waals surface area (Å²) < 4.78 is 46.8. The largest absolute Gasteiger partial charge is 0.482 e. The molecule has 9 heteroatoms. The van der Waals surface area contributed by atoms with Gasteiger partial charge in [-0.15, -0.1) is 0 Å². The molecule has 0 saturated heterocycles. The minimum atomic E-state index is -4.42. The van der Waals surface area contributed by atoms with Gasteiger partial charge in [0, 0.05) is 17.0 Å². The van der Waals surface area contributed by atoms with E-state index in [9.17, 15) is 13.2 Å². The quantitative estimate of drug-likeness (QED) is 0.850. The van der Waals surface area contributed by atoms with Gasteiger partial charge in [0.15, 0.2) is 12.4 Å². The lowest BCUT2D eigenvalue weighted by Crippen LogP contribution is -2.19. The van der Waals surface area contributed by atoms with E-state index in [1.165, 1.54) is 12.1 Å². The van der Waals surface area contributed by atoms with Gasteiger partial charge >= 0.3 is 6.18 Å². The van der Waals surface area contributed by atoms with Crippen LogP contribution in [0.1, 0.15) is 30.5 Å². The van der Waals surface area contributed by atoms with Crippen molar-refractivity contribution in [1.29, 1.82) is 0 Å². The SMILES string of the molecule is FC(F)(F)COc1cc(Cl)ccc1NCc1noc(C2CC2)n1. The molecule has 5 nitrogen and oxygen atoms in total. The summed E-state index contributed by atoms with van der Waals surface area (Å²) in [6.45, 7) is -1.18. The third-order valence-electron chi connectivity index (χ3n) is 3.18. The molecule has 1 saturated carbocycles. The Bertz CT molecular complexity index is 686. The lowest BCUT2D eigenvalue weighted by atomic mass is 10.3. The van der Waals surface area contributed by atoms with Crippen molar-refractivity contribution in [2.24, 2.45) is 0 Å². The van der Waals surface area contributed by atoms with E-state index in [-0.39, 0.29) is 17.3 Å². The summed E-state index contributed by atoms with van der Waals surface area (Å²) in [4.78, 5) is 4.23. The van der Waals surface area contributed by atoms with Crippen LogP contribution in [0.4, 0.5) is 18.9 Å². The first-order valence-electron chi connectivity index (χ1n) is 6.96. The molecule has 0 bridgehead atoms. The number of hydrogen-bond donors (Lipinski definition) is 1. The topological polar surface area (TPSA) is 60.2 Å². The molecule has 0 aliphatic heterocycles. The molecule has 1 aromatic heterocycles. The van der Waals surface area contributed by atoms with Gasteiger partial charge in [0.1, 0.15) is 5.75 Å². The summed E-state index contributed by atoms with van der Waals surface area (Å²) in [7, 11) is 0. The molecule has 1 heterocycles. The van der Waals surface area contributed by atoms with Gasteiger partial charge in [0.25, 0.3) is 0 Å². The molecule has 1 fully saturated rings. The highest BCUT2D eigenvalue weighted by atomic mass is 35.5. The van der Waals surface area contributed by atoms with E-state index in [0.29, 0.717) is 23.3 Å². The van der Waals surface area contributed by atoms with Gasteiger partial charge in [0.05, 0.1) is 12.2 Å². The highest BCUT2D eigenvalue weighted by Gasteiger charge is 2.30. The number of rotatable bonds is 6. The van der Waals surface area contributed by atoms with Crippen LogP contribution in [0, 0.1) is 0 Å². The first-order chi connectivity index (χ1) is 10.9. The number of ether oxygens (including phenoxy) is 1. The van der Waals surface area contributed by atoms with E-state index in [4.69, 9.17) is 20.9 Å². The Balaban J connectivity index is 1.65. The Hall–Kier alpha value is -1.96. The molecule has 3 rings (SSSR count). The Morgan fingerprint density at radius 2 is 2.13 bits per heavy atom. The van der Waals surface area contributed by atoms with Crippen LogP contribution in [-0.4, -0.2) is 22.9 Å². The number of benzene rings is 1. The molecule has 1 aliphatic carbocycles. The van der Waals surface area contributed by atoms with Gasteiger partial charge < -0.3 is 14.6 Å². The maximum Gasteiger partial charge on any atom is 0.422 e. The van der Waals surface area contributed by atoms with Crippen LogP contribution < -0.4 is 10.1 Å². The number of anilines is 1. The van der Waals surface area contributed by atoms with Crippen molar-refractivity contribution in [1.82, 2.24) is 10.1 Å². The predicted molar refractivity (Wildman–Crippen MR) is 76.6 cm³/mol. The highest BCUT2D eigenvalue weighted by Crippen LogP contribution is 2.39. The van der Waals surface area contributed by atoms with Crippen molar-refractivity contribution >= 4 is 17.3 Å². The van der Waals surface area contributed by atoms with E-state index in [1.807, 2.05) is 0 Å². The van der Waals surface area contributed by atoms with Gasteiger partial charge in [-0.2, -0.15) is 18.2 Å². The molecule has 0 atom stereocenters. The van der Waals surface area contributed by atoms with Crippen molar-refractivity contribution < 1.29 is 22.4 Å². The van der Waals surface area contributed by atoms with Gasteiger partial charge in [-0.1, -0.05) is 16.8 Å². The van der Waals surface area contributed by atoms with Crippen LogP contribution in [0.15, 0.2) is 22.7 Å². The number of halogens is 4. The molecule has 2 aromatic rings. The molecular weight excluding hydrogens is 335 g/mol. The molecule has 0 radical (unpaired) electrons. The third-order valence-corrected chi connectivity index (χ3v) is 3.42. The molecule has 124 valence electrons. The molecule has 0 unspecified atom stereocenters.